The fraction of sp³-hybridized carbons (Fsp3) is 0.895. The quantitative estimate of drug-likeness (QED) is 0.278. The third kappa shape index (κ3) is 11.7. The first kappa shape index (κ1) is 23.2. The number of carbonyl (C=O) groups is 2. The minimum absolute atomic E-state index is 0.103. The molecule has 0 saturated heterocycles. The van der Waals surface area contributed by atoms with Gasteiger partial charge in [0.15, 0.2) is 0 Å². The Morgan fingerprint density at radius 2 is 1.17 bits per heavy atom. The van der Waals surface area contributed by atoms with Crippen molar-refractivity contribution in [2.75, 3.05) is 6.61 Å². The fourth-order valence-electron chi connectivity index (χ4n) is 2.69. The Bertz CT molecular complexity index is 330. The molecule has 2 unspecified atom stereocenters. The highest BCUT2D eigenvalue weighted by molar-refractivity contribution is 6.38. The van der Waals surface area contributed by atoms with E-state index in [4.69, 9.17) is 10.2 Å². The fourth-order valence-corrected chi connectivity index (χ4v) is 2.69. The molecule has 0 aliphatic heterocycles. The molecule has 0 amide bonds. The second-order valence-electron chi connectivity index (χ2n) is 6.62. The second kappa shape index (κ2) is 15.7. The van der Waals surface area contributed by atoms with Crippen LogP contribution in [-0.4, -0.2) is 45.7 Å². The summed E-state index contributed by atoms with van der Waals surface area (Å²) in [5, 5.41) is 27.2. The summed E-state index contributed by atoms with van der Waals surface area (Å²) in [5.41, 5.74) is 0. The Morgan fingerprint density at radius 1 is 0.750 bits per heavy atom. The first-order chi connectivity index (χ1) is 11.5. The number of rotatable bonds is 17. The Morgan fingerprint density at radius 3 is 1.58 bits per heavy atom. The first-order valence-corrected chi connectivity index (χ1v) is 9.58. The molecule has 0 saturated carbocycles. The van der Waals surface area contributed by atoms with Gasteiger partial charge >= 0.3 is 0 Å². The van der Waals surface area contributed by atoms with Crippen molar-refractivity contribution in [3.05, 3.63) is 0 Å². The van der Waals surface area contributed by atoms with Crippen molar-refractivity contribution in [3.63, 3.8) is 0 Å². The highest BCUT2D eigenvalue weighted by Crippen LogP contribution is 2.12. The molecule has 2 atom stereocenters. The normalized spacial score (nSPS) is 13.7. The van der Waals surface area contributed by atoms with Crippen molar-refractivity contribution in [1.29, 1.82) is 0 Å². The van der Waals surface area contributed by atoms with E-state index in [1.54, 1.807) is 0 Å². The largest absolute Gasteiger partial charge is 0.394 e. The van der Waals surface area contributed by atoms with E-state index >= 15 is 0 Å². The van der Waals surface area contributed by atoms with Crippen molar-refractivity contribution < 1.29 is 24.9 Å². The summed E-state index contributed by atoms with van der Waals surface area (Å²) >= 11 is 0. The van der Waals surface area contributed by atoms with Gasteiger partial charge in [0.05, 0.1) is 6.61 Å². The Labute approximate surface area is 146 Å². The smallest absolute Gasteiger partial charge is 0.229 e. The molecular formula is C19H36O5. The maximum atomic E-state index is 11.6. The van der Waals surface area contributed by atoms with Crippen LogP contribution in [0.15, 0.2) is 0 Å². The van der Waals surface area contributed by atoms with E-state index in [1.807, 2.05) is 0 Å². The lowest BCUT2D eigenvalue weighted by Gasteiger charge is -2.13. The van der Waals surface area contributed by atoms with Gasteiger partial charge in [-0.1, -0.05) is 77.6 Å². The van der Waals surface area contributed by atoms with Crippen LogP contribution in [-0.2, 0) is 9.59 Å². The van der Waals surface area contributed by atoms with Crippen LogP contribution in [0.2, 0.25) is 0 Å². The average Bonchev–Trinajstić information content (AvgIpc) is 2.60. The number of carbonyl (C=O) groups excluding carboxylic acids is 2. The monoisotopic (exact) mass is 344 g/mol. The van der Waals surface area contributed by atoms with E-state index in [1.165, 1.54) is 51.4 Å². The van der Waals surface area contributed by atoms with Crippen molar-refractivity contribution in [2.45, 2.75) is 103 Å². The number of aliphatic hydroxyl groups excluding tert-OH is 3. The van der Waals surface area contributed by atoms with Crippen LogP contribution in [0.4, 0.5) is 0 Å². The number of aliphatic hydroxyl groups is 3. The van der Waals surface area contributed by atoms with Crippen LogP contribution in [0.3, 0.4) is 0 Å². The van der Waals surface area contributed by atoms with E-state index in [9.17, 15) is 14.7 Å². The predicted octanol–water partition coefficient (Wildman–Crippen LogP) is 2.93. The summed E-state index contributed by atoms with van der Waals surface area (Å²) in [7, 11) is 0. The van der Waals surface area contributed by atoms with Crippen LogP contribution >= 0.6 is 0 Å². The maximum Gasteiger partial charge on any atom is 0.229 e. The third-order valence-corrected chi connectivity index (χ3v) is 4.35. The van der Waals surface area contributed by atoms with Gasteiger partial charge in [0.1, 0.15) is 12.2 Å². The van der Waals surface area contributed by atoms with Gasteiger partial charge in [-0.25, -0.2) is 0 Å². The van der Waals surface area contributed by atoms with Crippen LogP contribution in [0, 0.1) is 0 Å². The van der Waals surface area contributed by atoms with Crippen molar-refractivity contribution in [2.24, 2.45) is 0 Å². The summed E-state index contributed by atoms with van der Waals surface area (Å²) in [6.07, 6.45) is 10.9. The number of unbranched alkanes of at least 4 members (excludes halogenated alkanes) is 11. The van der Waals surface area contributed by atoms with E-state index in [2.05, 4.69) is 6.92 Å². The standard InChI is InChI=1S/C19H36O5/c1-2-3-4-5-6-7-8-9-10-11-12-13-14-16(21)18(23)19(24)17(22)15-20/h17,19-20,22,24H,2-15H2,1H3. The lowest BCUT2D eigenvalue weighted by molar-refractivity contribution is -0.146. The van der Waals surface area contributed by atoms with E-state index in [0.29, 0.717) is 6.42 Å². The van der Waals surface area contributed by atoms with Crippen molar-refractivity contribution in [1.82, 2.24) is 0 Å². The SMILES string of the molecule is CCCCCCCCCCCCCCC(=O)C(=O)C(O)C(O)CO. The highest BCUT2D eigenvalue weighted by Gasteiger charge is 2.28. The zero-order chi connectivity index (χ0) is 18.2. The molecule has 0 aromatic carbocycles. The van der Waals surface area contributed by atoms with Crippen LogP contribution < -0.4 is 0 Å². The lowest BCUT2D eigenvalue weighted by atomic mass is 10.0. The van der Waals surface area contributed by atoms with Gasteiger partial charge in [-0.05, 0) is 6.42 Å². The minimum Gasteiger partial charge on any atom is -0.394 e. The summed E-state index contributed by atoms with van der Waals surface area (Å²) in [4.78, 5) is 23.1. The van der Waals surface area contributed by atoms with Gasteiger partial charge in [-0.15, -0.1) is 0 Å². The molecule has 0 aromatic heterocycles. The summed E-state index contributed by atoms with van der Waals surface area (Å²) in [5.74, 6) is -1.67. The van der Waals surface area contributed by atoms with Crippen LogP contribution in [0.1, 0.15) is 90.4 Å². The molecule has 0 aromatic rings. The minimum atomic E-state index is -1.81. The molecule has 0 spiro atoms. The summed E-state index contributed by atoms with van der Waals surface area (Å²) in [6.45, 7) is 1.49. The zero-order valence-corrected chi connectivity index (χ0v) is 15.2. The zero-order valence-electron chi connectivity index (χ0n) is 15.2. The van der Waals surface area contributed by atoms with E-state index < -0.39 is 30.4 Å². The molecular weight excluding hydrogens is 308 g/mol. The molecule has 0 aliphatic carbocycles. The molecule has 24 heavy (non-hydrogen) atoms. The van der Waals surface area contributed by atoms with Crippen molar-refractivity contribution >= 4 is 11.6 Å². The molecule has 0 rings (SSSR count). The van der Waals surface area contributed by atoms with Gasteiger partial charge in [0.25, 0.3) is 0 Å². The van der Waals surface area contributed by atoms with Gasteiger partial charge in [-0.3, -0.25) is 9.59 Å². The van der Waals surface area contributed by atoms with Gasteiger partial charge < -0.3 is 15.3 Å². The predicted molar refractivity (Wildman–Crippen MR) is 94.8 cm³/mol. The molecule has 0 fully saturated rings. The molecule has 5 heteroatoms. The molecule has 142 valence electrons. The lowest BCUT2D eigenvalue weighted by Crippen LogP contribution is -2.40. The first-order valence-electron chi connectivity index (χ1n) is 9.58. The number of hydrogen-bond donors (Lipinski definition) is 3. The average molecular weight is 344 g/mol. The van der Waals surface area contributed by atoms with Crippen LogP contribution in [0.25, 0.3) is 0 Å². The van der Waals surface area contributed by atoms with E-state index in [-0.39, 0.29) is 6.42 Å². The molecule has 0 aliphatic rings. The summed E-state index contributed by atoms with van der Waals surface area (Å²) in [6, 6.07) is 0. The third-order valence-electron chi connectivity index (χ3n) is 4.35. The number of ketones is 2. The van der Waals surface area contributed by atoms with Gasteiger partial charge in [0, 0.05) is 6.42 Å². The second-order valence-corrected chi connectivity index (χ2v) is 6.62. The number of hydrogen-bond acceptors (Lipinski definition) is 5. The van der Waals surface area contributed by atoms with Crippen LogP contribution in [0.5, 0.6) is 0 Å². The Hall–Kier alpha value is -0.780. The van der Waals surface area contributed by atoms with Gasteiger partial charge in [-0.2, -0.15) is 0 Å². The summed E-state index contributed by atoms with van der Waals surface area (Å²) < 4.78 is 0. The molecule has 5 nitrogen and oxygen atoms in total. The molecule has 0 heterocycles. The van der Waals surface area contributed by atoms with E-state index in [0.717, 1.165) is 19.3 Å². The molecule has 3 N–H and O–H groups in total. The topological polar surface area (TPSA) is 94.8 Å². The number of Topliss-reactive ketones (excluding diaryl/α,β-unsaturated/α-hetero) is 2. The molecule has 0 bridgehead atoms. The molecule has 0 radical (unpaired) electrons. The maximum absolute atomic E-state index is 11.6. The van der Waals surface area contributed by atoms with Gasteiger partial charge in [0.2, 0.25) is 11.6 Å². The van der Waals surface area contributed by atoms with Crippen molar-refractivity contribution in [3.8, 4) is 0 Å². The Kier molecular flexibility index (Phi) is 15.2. The Balaban J connectivity index is 3.47. The highest BCUT2D eigenvalue weighted by atomic mass is 16.4.